The molecule has 6 nitrogen and oxygen atoms in total. The Labute approximate surface area is 107 Å². The summed E-state index contributed by atoms with van der Waals surface area (Å²) in [6.07, 6.45) is -0.791. The quantitative estimate of drug-likeness (QED) is 0.820. The van der Waals surface area contributed by atoms with E-state index in [1.807, 2.05) is 27.7 Å². The number of nitrogens with zero attached hydrogens (tertiary/aromatic N) is 2. The molecule has 1 aliphatic heterocycles. The van der Waals surface area contributed by atoms with Crippen LogP contribution in [0.2, 0.25) is 0 Å². The number of oxime groups is 1. The fourth-order valence-electron chi connectivity index (χ4n) is 1.64. The van der Waals surface area contributed by atoms with Crippen LogP contribution in [0.25, 0.3) is 0 Å². The first-order valence-corrected chi connectivity index (χ1v) is 5.87. The van der Waals surface area contributed by atoms with Gasteiger partial charge in [0.15, 0.2) is 5.71 Å². The van der Waals surface area contributed by atoms with Crippen molar-refractivity contribution in [3.63, 3.8) is 0 Å². The Balaban J connectivity index is 2.65. The summed E-state index contributed by atoms with van der Waals surface area (Å²) in [6, 6.07) is 0.0162. The molecule has 1 heterocycles. The minimum atomic E-state index is -1.14. The van der Waals surface area contributed by atoms with E-state index in [1.165, 1.54) is 0 Å². The fraction of sp³-hybridized carbons (Fsp3) is 0.750. The maximum atomic E-state index is 12.1. The second kappa shape index (κ2) is 4.96. The molecular formula is C12H20N2O4. The monoisotopic (exact) mass is 256 g/mol. The van der Waals surface area contributed by atoms with Crippen LogP contribution in [0, 0.1) is 5.41 Å². The van der Waals surface area contributed by atoms with Crippen LogP contribution in [0.1, 0.15) is 34.1 Å². The molecule has 1 aliphatic rings. The third kappa shape index (κ3) is 3.00. The predicted octanol–water partition coefficient (Wildman–Crippen LogP) is 1.11. The molecule has 0 aromatic rings. The molecule has 0 fully saturated rings. The average molecular weight is 256 g/mol. The highest BCUT2D eigenvalue weighted by Gasteiger charge is 2.36. The molecule has 0 spiro atoms. The molecule has 2 unspecified atom stereocenters. The van der Waals surface area contributed by atoms with E-state index in [2.05, 4.69) is 5.16 Å². The van der Waals surface area contributed by atoms with Crippen LogP contribution in [0.5, 0.6) is 0 Å². The lowest BCUT2D eigenvalue weighted by Crippen LogP contribution is -2.47. The average Bonchev–Trinajstić information content (AvgIpc) is 2.74. The van der Waals surface area contributed by atoms with Crippen molar-refractivity contribution in [1.82, 2.24) is 4.90 Å². The zero-order valence-corrected chi connectivity index (χ0v) is 11.4. The number of carbonyl (C=O) groups is 2. The number of rotatable bonds is 3. The minimum Gasteiger partial charge on any atom is -0.477 e. The Hall–Kier alpha value is -1.59. The number of carboxylic acid groups (broad SMARTS) is 1. The topological polar surface area (TPSA) is 79.2 Å². The van der Waals surface area contributed by atoms with Crippen LogP contribution in [-0.2, 0) is 14.4 Å². The first kappa shape index (κ1) is 14.5. The largest absolute Gasteiger partial charge is 0.477 e. The van der Waals surface area contributed by atoms with E-state index in [9.17, 15) is 9.59 Å². The van der Waals surface area contributed by atoms with E-state index in [4.69, 9.17) is 9.94 Å². The van der Waals surface area contributed by atoms with E-state index in [0.717, 1.165) is 0 Å². The van der Waals surface area contributed by atoms with Gasteiger partial charge in [-0.1, -0.05) is 25.9 Å². The molecule has 1 N–H and O–H groups in total. The zero-order chi connectivity index (χ0) is 14.1. The molecule has 18 heavy (non-hydrogen) atoms. The summed E-state index contributed by atoms with van der Waals surface area (Å²) < 4.78 is 0. The van der Waals surface area contributed by atoms with Crippen molar-refractivity contribution in [3.05, 3.63) is 0 Å². The Bertz CT molecular complexity index is 384. The number of likely N-dealkylation sites (N-methyl/N-ethyl adjacent to an activating group) is 1. The summed E-state index contributed by atoms with van der Waals surface area (Å²) in [5.74, 6) is -1.38. The molecule has 6 heteroatoms. The van der Waals surface area contributed by atoms with E-state index in [1.54, 1.807) is 11.9 Å². The molecule has 0 bridgehead atoms. The van der Waals surface area contributed by atoms with Crippen LogP contribution < -0.4 is 0 Å². The van der Waals surface area contributed by atoms with Gasteiger partial charge in [-0.05, 0) is 12.3 Å². The highest BCUT2D eigenvalue weighted by molar-refractivity contribution is 6.36. The van der Waals surface area contributed by atoms with Crippen molar-refractivity contribution in [2.24, 2.45) is 10.6 Å². The van der Waals surface area contributed by atoms with Gasteiger partial charge >= 0.3 is 5.97 Å². The van der Waals surface area contributed by atoms with Crippen molar-refractivity contribution in [1.29, 1.82) is 0 Å². The van der Waals surface area contributed by atoms with Gasteiger partial charge in [-0.25, -0.2) is 4.79 Å². The van der Waals surface area contributed by atoms with Gasteiger partial charge in [0.2, 0.25) is 6.10 Å². The maximum absolute atomic E-state index is 12.1. The van der Waals surface area contributed by atoms with Gasteiger partial charge in [0.05, 0.1) is 0 Å². The zero-order valence-electron chi connectivity index (χ0n) is 11.4. The van der Waals surface area contributed by atoms with Gasteiger partial charge in [-0.15, -0.1) is 0 Å². The molecule has 1 rings (SSSR count). The SMILES string of the molecule is CC(N(C)C(=O)C1CC(C(=O)O)=NO1)C(C)(C)C. The second-order valence-electron chi connectivity index (χ2n) is 5.63. The van der Waals surface area contributed by atoms with Gasteiger partial charge in [-0.3, -0.25) is 4.79 Å². The summed E-state index contributed by atoms with van der Waals surface area (Å²) in [7, 11) is 1.69. The summed E-state index contributed by atoms with van der Waals surface area (Å²) in [5, 5.41) is 12.2. The van der Waals surface area contributed by atoms with Crippen LogP contribution in [0.3, 0.4) is 0 Å². The van der Waals surface area contributed by atoms with Crippen molar-refractivity contribution in [3.8, 4) is 0 Å². The minimum absolute atomic E-state index is 0.0162. The lowest BCUT2D eigenvalue weighted by atomic mass is 9.87. The summed E-state index contributed by atoms with van der Waals surface area (Å²) in [5.41, 5.74) is -0.162. The number of hydrogen-bond acceptors (Lipinski definition) is 4. The predicted molar refractivity (Wildman–Crippen MR) is 66.2 cm³/mol. The van der Waals surface area contributed by atoms with Gasteiger partial charge in [0, 0.05) is 19.5 Å². The normalized spacial score (nSPS) is 20.9. The number of amides is 1. The Morgan fingerprint density at radius 3 is 2.44 bits per heavy atom. The van der Waals surface area contributed by atoms with Crippen LogP contribution in [0.4, 0.5) is 0 Å². The number of hydrogen-bond donors (Lipinski definition) is 1. The lowest BCUT2D eigenvalue weighted by molar-refractivity contribution is -0.144. The first-order valence-electron chi connectivity index (χ1n) is 5.87. The van der Waals surface area contributed by atoms with Crippen molar-refractivity contribution in [2.45, 2.75) is 46.3 Å². The van der Waals surface area contributed by atoms with E-state index >= 15 is 0 Å². The molecule has 0 saturated heterocycles. The van der Waals surface area contributed by atoms with E-state index < -0.39 is 12.1 Å². The highest BCUT2D eigenvalue weighted by atomic mass is 16.6. The molecule has 0 saturated carbocycles. The van der Waals surface area contributed by atoms with Crippen molar-refractivity contribution in [2.75, 3.05) is 7.05 Å². The Morgan fingerprint density at radius 2 is 2.06 bits per heavy atom. The third-order valence-electron chi connectivity index (χ3n) is 3.37. The molecular weight excluding hydrogens is 236 g/mol. The van der Waals surface area contributed by atoms with Crippen LogP contribution in [-0.4, -0.2) is 46.8 Å². The van der Waals surface area contributed by atoms with Gasteiger partial charge in [0.1, 0.15) is 0 Å². The molecule has 0 aromatic carbocycles. The molecule has 0 radical (unpaired) electrons. The van der Waals surface area contributed by atoms with Gasteiger partial charge < -0.3 is 14.8 Å². The standard InChI is InChI=1S/C12H20N2O4/c1-7(12(2,3)4)14(5)10(15)9-6-8(11(16)17)13-18-9/h7,9H,6H2,1-5H3,(H,16,17). The molecule has 0 aromatic heterocycles. The van der Waals surface area contributed by atoms with Crippen LogP contribution in [0.15, 0.2) is 5.16 Å². The second-order valence-corrected chi connectivity index (χ2v) is 5.63. The maximum Gasteiger partial charge on any atom is 0.353 e. The summed E-state index contributed by atoms with van der Waals surface area (Å²) >= 11 is 0. The Morgan fingerprint density at radius 1 is 1.50 bits per heavy atom. The molecule has 2 atom stereocenters. The fourth-order valence-corrected chi connectivity index (χ4v) is 1.64. The van der Waals surface area contributed by atoms with Crippen LogP contribution >= 0.6 is 0 Å². The molecule has 102 valence electrons. The van der Waals surface area contributed by atoms with Crippen molar-refractivity contribution < 1.29 is 19.5 Å². The lowest BCUT2D eigenvalue weighted by Gasteiger charge is -2.36. The molecule has 0 aliphatic carbocycles. The highest BCUT2D eigenvalue weighted by Crippen LogP contribution is 2.24. The number of aliphatic carboxylic acids is 1. The van der Waals surface area contributed by atoms with E-state index in [0.29, 0.717) is 0 Å². The molecule has 1 amide bonds. The van der Waals surface area contributed by atoms with Gasteiger partial charge in [0.25, 0.3) is 5.91 Å². The summed E-state index contributed by atoms with van der Waals surface area (Å²) in [4.78, 5) is 29.3. The smallest absolute Gasteiger partial charge is 0.353 e. The van der Waals surface area contributed by atoms with Gasteiger partial charge in [-0.2, -0.15) is 0 Å². The number of carboxylic acids is 1. The third-order valence-corrected chi connectivity index (χ3v) is 3.37. The van der Waals surface area contributed by atoms with E-state index in [-0.39, 0.29) is 29.5 Å². The number of carbonyl (C=O) groups excluding carboxylic acids is 1. The van der Waals surface area contributed by atoms with Crippen molar-refractivity contribution >= 4 is 17.6 Å². The first-order chi connectivity index (χ1) is 8.14. The Kier molecular flexibility index (Phi) is 3.98. The summed E-state index contributed by atoms with van der Waals surface area (Å²) in [6.45, 7) is 8.06.